The first-order valence-corrected chi connectivity index (χ1v) is 5.71. The quantitative estimate of drug-likeness (QED) is 0.874. The third-order valence-electron chi connectivity index (χ3n) is 2.54. The van der Waals surface area contributed by atoms with Gasteiger partial charge in [-0.05, 0) is 32.0 Å². The molecule has 5 nitrogen and oxygen atoms in total. The van der Waals surface area contributed by atoms with Crippen LogP contribution in [0, 0.1) is 6.92 Å². The summed E-state index contributed by atoms with van der Waals surface area (Å²) in [7, 11) is 0. The SMILES string of the molecule is CCNC(C)c1nc(-c2ncccc2C)no1. The van der Waals surface area contributed by atoms with Gasteiger partial charge in [-0.25, -0.2) is 0 Å². The van der Waals surface area contributed by atoms with Gasteiger partial charge in [0.2, 0.25) is 11.7 Å². The summed E-state index contributed by atoms with van der Waals surface area (Å²) in [6.45, 7) is 6.87. The van der Waals surface area contributed by atoms with E-state index in [4.69, 9.17) is 4.52 Å². The maximum atomic E-state index is 5.22. The lowest BCUT2D eigenvalue weighted by atomic mass is 10.2. The fourth-order valence-electron chi connectivity index (χ4n) is 1.62. The topological polar surface area (TPSA) is 63.8 Å². The van der Waals surface area contributed by atoms with Gasteiger partial charge in [0.05, 0.1) is 6.04 Å². The van der Waals surface area contributed by atoms with E-state index in [1.165, 1.54) is 0 Å². The van der Waals surface area contributed by atoms with E-state index in [1.807, 2.05) is 32.9 Å². The molecular weight excluding hydrogens is 216 g/mol. The molecule has 90 valence electrons. The lowest BCUT2D eigenvalue weighted by Gasteiger charge is -2.05. The lowest BCUT2D eigenvalue weighted by molar-refractivity contribution is 0.342. The monoisotopic (exact) mass is 232 g/mol. The number of nitrogens with one attached hydrogen (secondary N) is 1. The molecule has 0 saturated heterocycles. The molecule has 1 N–H and O–H groups in total. The van der Waals surface area contributed by atoms with Crippen molar-refractivity contribution < 1.29 is 4.52 Å². The highest BCUT2D eigenvalue weighted by molar-refractivity contribution is 5.53. The Hall–Kier alpha value is -1.75. The van der Waals surface area contributed by atoms with Gasteiger partial charge in [0.25, 0.3) is 0 Å². The molecule has 2 heterocycles. The van der Waals surface area contributed by atoms with E-state index < -0.39 is 0 Å². The minimum atomic E-state index is 0.0604. The van der Waals surface area contributed by atoms with E-state index in [-0.39, 0.29) is 6.04 Å². The molecule has 0 amide bonds. The molecule has 2 aromatic rings. The molecule has 0 saturated carbocycles. The zero-order valence-corrected chi connectivity index (χ0v) is 10.3. The molecule has 0 radical (unpaired) electrons. The van der Waals surface area contributed by atoms with Crippen LogP contribution in [0.25, 0.3) is 11.5 Å². The molecule has 0 fully saturated rings. The van der Waals surface area contributed by atoms with Crippen LogP contribution in [0.5, 0.6) is 0 Å². The smallest absolute Gasteiger partial charge is 0.243 e. The van der Waals surface area contributed by atoms with Crippen molar-refractivity contribution in [3.8, 4) is 11.5 Å². The Morgan fingerprint density at radius 2 is 2.29 bits per heavy atom. The van der Waals surface area contributed by atoms with Crippen LogP contribution in [0.15, 0.2) is 22.9 Å². The van der Waals surface area contributed by atoms with Gasteiger partial charge in [-0.3, -0.25) is 4.98 Å². The van der Waals surface area contributed by atoms with Crippen LogP contribution in [0.4, 0.5) is 0 Å². The molecule has 0 aliphatic heterocycles. The average molecular weight is 232 g/mol. The summed E-state index contributed by atoms with van der Waals surface area (Å²) in [6, 6.07) is 3.93. The van der Waals surface area contributed by atoms with Crippen LogP contribution in [0.3, 0.4) is 0 Å². The highest BCUT2D eigenvalue weighted by atomic mass is 16.5. The van der Waals surface area contributed by atoms with E-state index in [1.54, 1.807) is 6.20 Å². The second kappa shape index (κ2) is 5.05. The van der Waals surface area contributed by atoms with Gasteiger partial charge < -0.3 is 9.84 Å². The summed E-state index contributed by atoms with van der Waals surface area (Å²) in [5, 5.41) is 7.19. The number of aromatic nitrogens is 3. The molecule has 0 aromatic carbocycles. The summed E-state index contributed by atoms with van der Waals surface area (Å²) in [4.78, 5) is 8.62. The molecule has 0 bridgehead atoms. The molecular formula is C12H16N4O. The Balaban J connectivity index is 2.27. The van der Waals surface area contributed by atoms with Crippen LogP contribution >= 0.6 is 0 Å². The Kier molecular flexibility index (Phi) is 3.49. The predicted octanol–water partition coefficient (Wildman–Crippen LogP) is 2.11. The largest absolute Gasteiger partial charge is 0.337 e. The Labute approximate surface area is 100 Å². The third-order valence-corrected chi connectivity index (χ3v) is 2.54. The third kappa shape index (κ3) is 2.50. The Morgan fingerprint density at radius 1 is 1.47 bits per heavy atom. The van der Waals surface area contributed by atoms with E-state index in [0.717, 1.165) is 17.8 Å². The van der Waals surface area contributed by atoms with Crippen molar-refractivity contribution in [3.05, 3.63) is 29.8 Å². The number of hydrogen-bond donors (Lipinski definition) is 1. The van der Waals surface area contributed by atoms with E-state index >= 15 is 0 Å². The second-order valence-electron chi connectivity index (χ2n) is 3.90. The van der Waals surface area contributed by atoms with Crippen molar-refractivity contribution in [2.24, 2.45) is 0 Å². The molecule has 17 heavy (non-hydrogen) atoms. The van der Waals surface area contributed by atoms with Crippen molar-refractivity contribution in [1.82, 2.24) is 20.4 Å². The lowest BCUT2D eigenvalue weighted by Crippen LogP contribution is -2.17. The predicted molar refractivity (Wildman–Crippen MR) is 64.4 cm³/mol. The highest BCUT2D eigenvalue weighted by Gasteiger charge is 2.15. The summed E-state index contributed by atoms with van der Waals surface area (Å²) in [5.41, 5.74) is 1.81. The normalized spacial score (nSPS) is 12.6. The van der Waals surface area contributed by atoms with Crippen LogP contribution < -0.4 is 5.32 Å². The molecule has 1 unspecified atom stereocenters. The average Bonchev–Trinajstić information content (AvgIpc) is 2.79. The number of hydrogen-bond acceptors (Lipinski definition) is 5. The maximum absolute atomic E-state index is 5.22. The standard InChI is InChI=1S/C12H16N4O/c1-4-13-9(3)12-15-11(16-17-12)10-8(2)6-5-7-14-10/h5-7,9,13H,4H2,1-3H3. The summed E-state index contributed by atoms with van der Waals surface area (Å²) in [5.74, 6) is 1.13. The zero-order valence-electron chi connectivity index (χ0n) is 10.3. The van der Waals surface area contributed by atoms with Gasteiger partial charge in [0.15, 0.2) is 0 Å². The minimum absolute atomic E-state index is 0.0604. The number of pyridine rings is 1. The first kappa shape index (κ1) is 11.7. The molecule has 2 aromatic heterocycles. The first-order valence-electron chi connectivity index (χ1n) is 5.71. The molecule has 2 rings (SSSR count). The first-order chi connectivity index (χ1) is 8.22. The van der Waals surface area contributed by atoms with Gasteiger partial charge >= 0.3 is 0 Å². The minimum Gasteiger partial charge on any atom is -0.337 e. The number of nitrogens with zero attached hydrogens (tertiary/aromatic N) is 3. The van der Waals surface area contributed by atoms with Crippen LogP contribution in [0.2, 0.25) is 0 Å². The van der Waals surface area contributed by atoms with Gasteiger partial charge in [-0.1, -0.05) is 18.1 Å². The fraction of sp³-hybridized carbons (Fsp3) is 0.417. The summed E-state index contributed by atoms with van der Waals surface area (Å²) < 4.78 is 5.22. The van der Waals surface area contributed by atoms with Crippen molar-refractivity contribution in [1.29, 1.82) is 0 Å². The molecule has 1 atom stereocenters. The van der Waals surface area contributed by atoms with Crippen LogP contribution in [-0.2, 0) is 0 Å². The molecule has 5 heteroatoms. The number of rotatable bonds is 4. The van der Waals surface area contributed by atoms with Crippen LogP contribution in [-0.4, -0.2) is 21.7 Å². The summed E-state index contributed by atoms with van der Waals surface area (Å²) >= 11 is 0. The second-order valence-corrected chi connectivity index (χ2v) is 3.90. The molecule has 0 spiro atoms. The number of aryl methyl sites for hydroxylation is 1. The van der Waals surface area contributed by atoms with Crippen molar-refractivity contribution in [2.45, 2.75) is 26.8 Å². The van der Waals surface area contributed by atoms with Gasteiger partial charge in [0.1, 0.15) is 5.69 Å². The molecule has 0 aliphatic carbocycles. The van der Waals surface area contributed by atoms with E-state index in [0.29, 0.717) is 11.7 Å². The summed E-state index contributed by atoms with van der Waals surface area (Å²) in [6.07, 6.45) is 1.73. The van der Waals surface area contributed by atoms with Gasteiger partial charge in [0, 0.05) is 6.20 Å². The van der Waals surface area contributed by atoms with Gasteiger partial charge in [-0.2, -0.15) is 4.98 Å². The fourth-order valence-corrected chi connectivity index (χ4v) is 1.62. The molecule has 0 aliphatic rings. The maximum Gasteiger partial charge on any atom is 0.243 e. The zero-order chi connectivity index (χ0) is 12.3. The van der Waals surface area contributed by atoms with Gasteiger partial charge in [-0.15, -0.1) is 0 Å². The highest BCUT2D eigenvalue weighted by Crippen LogP contribution is 2.19. The van der Waals surface area contributed by atoms with E-state index in [2.05, 4.69) is 20.4 Å². The Bertz CT molecular complexity index is 495. The van der Waals surface area contributed by atoms with E-state index in [9.17, 15) is 0 Å². The Morgan fingerprint density at radius 3 is 3.00 bits per heavy atom. The van der Waals surface area contributed by atoms with Crippen LogP contribution in [0.1, 0.15) is 31.3 Å². The van der Waals surface area contributed by atoms with Crippen molar-refractivity contribution >= 4 is 0 Å². The van der Waals surface area contributed by atoms with Crippen molar-refractivity contribution in [2.75, 3.05) is 6.54 Å². The van der Waals surface area contributed by atoms with Crippen molar-refractivity contribution in [3.63, 3.8) is 0 Å².